The number of alkyl halides is 1. The molecule has 5 nitrogen and oxygen atoms in total. The number of nitrogens with two attached hydrogens (primary N) is 1. The molecular formula is C9H11BrClNO4S. The number of hydrogen-bond acceptors (Lipinski definition) is 4. The summed E-state index contributed by atoms with van der Waals surface area (Å²) in [5, 5.41) is 24.1. The Kier molecular flexibility index (Phi) is 4.94. The van der Waals surface area contributed by atoms with E-state index in [1.807, 2.05) is 0 Å². The van der Waals surface area contributed by atoms with Crippen molar-refractivity contribution in [1.82, 2.24) is 0 Å². The van der Waals surface area contributed by atoms with E-state index in [-0.39, 0.29) is 15.2 Å². The molecule has 0 bridgehead atoms. The molecular weight excluding hydrogens is 334 g/mol. The Morgan fingerprint density at radius 3 is 2.41 bits per heavy atom. The van der Waals surface area contributed by atoms with E-state index in [0.717, 1.165) is 0 Å². The topological polar surface area (TPSA) is 101 Å². The molecule has 0 aliphatic rings. The average Bonchev–Trinajstić information content (AvgIpc) is 2.25. The van der Waals surface area contributed by atoms with Gasteiger partial charge in [-0.2, -0.15) is 0 Å². The smallest absolute Gasteiger partial charge is 0.239 e. The molecule has 4 N–H and O–H groups in total. The predicted molar refractivity (Wildman–Crippen MR) is 67.6 cm³/mol. The molecule has 8 heteroatoms. The monoisotopic (exact) mass is 343 g/mol. The highest BCUT2D eigenvalue weighted by Gasteiger charge is 2.20. The van der Waals surface area contributed by atoms with Crippen molar-refractivity contribution in [3.63, 3.8) is 0 Å². The molecule has 2 atom stereocenters. The zero-order chi connectivity index (χ0) is 13.2. The first-order valence-electron chi connectivity index (χ1n) is 4.51. The van der Waals surface area contributed by atoms with Gasteiger partial charge in [0.15, 0.2) is 0 Å². The van der Waals surface area contributed by atoms with Crippen molar-refractivity contribution >= 4 is 37.6 Å². The number of aliphatic hydroxyl groups is 2. The Hall–Kier alpha value is -0.180. The normalized spacial score (nSPS) is 15.6. The summed E-state index contributed by atoms with van der Waals surface area (Å²) >= 11 is 8.76. The molecule has 0 amide bonds. The number of hydrogen-bond donors (Lipinski definition) is 3. The lowest BCUT2D eigenvalue weighted by atomic mass is 10.1. The van der Waals surface area contributed by atoms with Gasteiger partial charge < -0.3 is 10.2 Å². The lowest BCUT2D eigenvalue weighted by molar-refractivity contribution is 0.0342. The third-order valence-electron chi connectivity index (χ3n) is 2.13. The van der Waals surface area contributed by atoms with Gasteiger partial charge in [-0.15, -0.1) is 0 Å². The summed E-state index contributed by atoms with van der Waals surface area (Å²) in [6, 6.07) is 3.80. The summed E-state index contributed by atoms with van der Waals surface area (Å²) in [7, 11) is -3.89. The predicted octanol–water partition coefficient (Wildman–Crippen LogP) is 0.777. The van der Waals surface area contributed by atoms with Crippen molar-refractivity contribution < 1.29 is 18.6 Å². The zero-order valence-electron chi connectivity index (χ0n) is 8.55. The molecule has 0 aromatic heterocycles. The van der Waals surface area contributed by atoms with Gasteiger partial charge in [0.2, 0.25) is 10.0 Å². The summed E-state index contributed by atoms with van der Waals surface area (Å²) in [6.45, 7) is 0. The molecule has 0 radical (unpaired) electrons. The highest BCUT2D eigenvalue weighted by atomic mass is 79.9. The number of rotatable bonds is 4. The molecule has 2 unspecified atom stereocenters. The third-order valence-corrected chi connectivity index (χ3v) is 4.18. The quantitative estimate of drug-likeness (QED) is 0.703. The van der Waals surface area contributed by atoms with Gasteiger partial charge in [-0.25, -0.2) is 13.6 Å². The van der Waals surface area contributed by atoms with E-state index in [1.54, 1.807) is 0 Å². The zero-order valence-corrected chi connectivity index (χ0v) is 11.7. The van der Waals surface area contributed by atoms with Crippen molar-refractivity contribution in [2.24, 2.45) is 5.14 Å². The summed E-state index contributed by atoms with van der Waals surface area (Å²) in [5.74, 6) is 0. The van der Waals surface area contributed by atoms with Crippen LogP contribution in [0, 0.1) is 0 Å². The maximum Gasteiger partial charge on any atom is 0.239 e. The summed E-state index contributed by atoms with van der Waals surface area (Å²) in [5.41, 5.74) is 0.314. The molecule has 1 aromatic rings. The fourth-order valence-electron chi connectivity index (χ4n) is 1.24. The van der Waals surface area contributed by atoms with E-state index in [4.69, 9.17) is 16.7 Å². The minimum absolute atomic E-state index is 0.0918. The Labute approximate surface area is 112 Å². The van der Waals surface area contributed by atoms with Gasteiger partial charge in [-0.05, 0) is 17.7 Å². The first-order valence-corrected chi connectivity index (χ1v) is 7.56. The fraction of sp³-hybridized carbons (Fsp3) is 0.333. The molecule has 0 aliphatic heterocycles. The van der Waals surface area contributed by atoms with E-state index >= 15 is 0 Å². The lowest BCUT2D eigenvalue weighted by Gasteiger charge is -2.16. The van der Waals surface area contributed by atoms with Gasteiger partial charge in [-0.1, -0.05) is 33.6 Å². The summed E-state index contributed by atoms with van der Waals surface area (Å²) in [4.78, 5) is -0.219. The van der Waals surface area contributed by atoms with Crippen LogP contribution in [0.5, 0.6) is 0 Å². The van der Waals surface area contributed by atoms with E-state index in [2.05, 4.69) is 15.9 Å². The SMILES string of the molecule is NS(=O)(=O)c1ccc(C(O)C(O)CBr)cc1Cl. The molecule has 1 rings (SSSR count). The molecule has 0 spiro atoms. The third kappa shape index (κ3) is 3.64. The van der Waals surface area contributed by atoms with E-state index < -0.39 is 22.2 Å². The largest absolute Gasteiger partial charge is 0.389 e. The van der Waals surface area contributed by atoms with Gasteiger partial charge in [0.1, 0.15) is 11.0 Å². The molecule has 0 fully saturated rings. The molecule has 0 saturated carbocycles. The number of aliphatic hydroxyl groups excluding tert-OH is 2. The molecule has 0 heterocycles. The van der Waals surface area contributed by atoms with Crippen molar-refractivity contribution in [2.75, 3.05) is 5.33 Å². The van der Waals surface area contributed by atoms with Crippen LogP contribution in [0.4, 0.5) is 0 Å². The van der Waals surface area contributed by atoms with E-state index in [1.165, 1.54) is 18.2 Å². The van der Waals surface area contributed by atoms with Crippen LogP contribution in [0.2, 0.25) is 5.02 Å². The molecule has 0 aliphatic carbocycles. The Morgan fingerprint density at radius 1 is 1.41 bits per heavy atom. The van der Waals surface area contributed by atoms with Gasteiger partial charge >= 0.3 is 0 Å². The molecule has 17 heavy (non-hydrogen) atoms. The number of primary sulfonamides is 1. The fourth-order valence-corrected chi connectivity index (χ4v) is 2.69. The maximum atomic E-state index is 11.1. The highest BCUT2D eigenvalue weighted by molar-refractivity contribution is 9.09. The van der Waals surface area contributed by atoms with Crippen molar-refractivity contribution in [1.29, 1.82) is 0 Å². The van der Waals surface area contributed by atoms with Gasteiger partial charge in [0.05, 0.1) is 11.1 Å². The number of halogens is 2. The van der Waals surface area contributed by atoms with Crippen LogP contribution < -0.4 is 5.14 Å². The van der Waals surface area contributed by atoms with Gasteiger partial charge in [0, 0.05) is 5.33 Å². The lowest BCUT2D eigenvalue weighted by Crippen LogP contribution is -2.20. The van der Waals surface area contributed by atoms with Crippen molar-refractivity contribution in [3.8, 4) is 0 Å². The summed E-state index contributed by atoms with van der Waals surface area (Å²) < 4.78 is 22.2. The molecule has 0 saturated heterocycles. The highest BCUT2D eigenvalue weighted by Crippen LogP contribution is 2.26. The minimum atomic E-state index is -3.89. The number of sulfonamides is 1. The van der Waals surface area contributed by atoms with E-state index in [0.29, 0.717) is 5.56 Å². The molecule has 96 valence electrons. The Balaban J connectivity index is 3.13. The van der Waals surface area contributed by atoms with Crippen molar-refractivity contribution in [3.05, 3.63) is 28.8 Å². The first kappa shape index (κ1) is 14.9. The van der Waals surface area contributed by atoms with Crippen LogP contribution in [0.25, 0.3) is 0 Å². The Bertz CT molecular complexity index is 508. The standard InChI is InChI=1S/C9H11BrClNO4S/c10-4-7(13)9(14)5-1-2-8(6(11)3-5)17(12,15)16/h1-3,7,9,13-14H,4H2,(H2,12,15,16). The van der Waals surface area contributed by atoms with Gasteiger partial charge in [-0.3, -0.25) is 0 Å². The average molecular weight is 345 g/mol. The van der Waals surface area contributed by atoms with Crippen LogP contribution in [-0.4, -0.2) is 30.1 Å². The maximum absolute atomic E-state index is 11.1. The van der Waals surface area contributed by atoms with Crippen LogP contribution in [0.3, 0.4) is 0 Å². The van der Waals surface area contributed by atoms with Crippen LogP contribution in [-0.2, 0) is 10.0 Å². The van der Waals surface area contributed by atoms with Crippen LogP contribution in [0.1, 0.15) is 11.7 Å². The van der Waals surface area contributed by atoms with Gasteiger partial charge in [0.25, 0.3) is 0 Å². The minimum Gasteiger partial charge on any atom is -0.389 e. The molecule has 1 aromatic carbocycles. The Morgan fingerprint density at radius 2 is 2.00 bits per heavy atom. The van der Waals surface area contributed by atoms with Crippen LogP contribution >= 0.6 is 27.5 Å². The summed E-state index contributed by atoms with van der Waals surface area (Å²) in [6.07, 6.45) is -2.16. The van der Waals surface area contributed by atoms with E-state index in [9.17, 15) is 18.6 Å². The van der Waals surface area contributed by atoms with Crippen LogP contribution in [0.15, 0.2) is 23.1 Å². The van der Waals surface area contributed by atoms with Crippen molar-refractivity contribution in [2.45, 2.75) is 17.1 Å². The second kappa shape index (κ2) is 5.64. The second-order valence-corrected chi connectivity index (χ2v) is 5.99. The second-order valence-electron chi connectivity index (χ2n) is 3.40. The first-order chi connectivity index (χ1) is 7.77. The number of benzene rings is 1.